The summed E-state index contributed by atoms with van der Waals surface area (Å²) in [4.78, 5) is 4.56. The van der Waals surface area contributed by atoms with Crippen LogP contribution in [-0.4, -0.2) is 11.0 Å². The van der Waals surface area contributed by atoms with Crippen molar-refractivity contribution >= 4 is 27.2 Å². The smallest absolute Gasteiger partial charge is 0.0907 e. The van der Waals surface area contributed by atoms with Gasteiger partial charge in [-0.2, -0.15) is 0 Å². The van der Waals surface area contributed by atoms with Crippen LogP contribution >= 0.6 is 11.3 Å². The first-order valence-electron chi connectivity index (χ1n) is 8.38. The average molecular weight is 298 g/mol. The standard InChI is InChI=1S/C18H22N2S/c1-10-19-16-3-2-15(9-17(16)21-10)20-18-13-5-11-4-12(7-13)8-14(18)6-11/h2-3,9,11-14,18,20H,4-8H2,1H3. The number of hydrogen-bond acceptors (Lipinski definition) is 3. The van der Waals surface area contributed by atoms with Crippen molar-refractivity contribution in [3.05, 3.63) is 23.2 Å². The summed E-state index contributed by atoms with van der Waals surface area (Å²) in [6, 6.07) is 7.44. The normalized spacial score (nSPS) is 37.3. The molecule has 0 unspecified atom stereocenters. The van der Waals surface area contributed by atoms with Crippen molar-refractivity contribution in [2.75, 3.05) is 5.32 Å². The predicted octanol–water partition coefficient (Wildman–Crippen LogP) is 4.84. The fourth-order valence-corrected chi connectivity index (χ4v) is 6.35. The molecule has 0 atom stereocenters. The molecule has 21 heavy (non-hydrogen) atoms. The molecule has 4 saturated carbocycles. The minimum atomic E-state index is 0.726. The van der Waals surface area contributed by atoms with Gasteiger partial charge in [0.2, 0.25) is 0 Å². The fraction of sp³-hybridized carbons (Fsp3) is 0.611. The highest BCUT2D eigenvalue weighted by molar-refractivity contribution is 7.18. The molecule has 2 aromatic rings. The fourth-order valence-electron chi connectivity index (χ4n) is 5.48. The molecule has 0 amide bonds. The zero-order chi connectivity index (χ0) is 14.0. The van der Waals surface area contributed by atoms with E-state index in [4.69, 9.17) is 0 Å². The number of rotatable bonds is 2. The van der Waals surface area contributed by atoms with Crippen LogP contribution in [0, 0.1) is 30.6 Å². The molecular formula is C18H22N2S. The highest BCUT2D eigenvalue weighted by Crippen LogP contribution is 2.54. The maximum atomic E-state index is 4.56. The van der Waals surface area contributed by atoms with Gasteiger partial charge in [0.1, 0.15) is 0 Å². The molecular weight excluding hydrogens is 276 g/mol. The Kier molecular flexibility index (Phi) is 2.64. The summed E-state index contributed by atoms with van der Waals surface area (Å²) in [6.07, 6.45) is 7.45. The largest absolute Gasteiger partial charge is 0.382 e. The number of anilines is 1. The SMILES string of the molecule is Cc1nc2ccc(NC3C4CC5CC(C4)CC3C5)cc2s1. The van der Waals surface area contributed by atoms with Crippen LogP contribution in [0.15, 0.2) is 18.2 Å². The molecule has 4 aliphatic rings. The van der Waals surface area contributed by atoms with Crippen LogP contribution in [-0.2, 0) is 0 Å². The van der Waals surface area contributed by atoms with E-state index >= 15 is 0 Å². The maximum absolute atomic E-state index is 4.56. The molecule has 0 spiro atoms. The van der Waals surface area contributed by atoms with Crippen molar-refractivity contribution in [2.24, 2.45) is 23.7 Å². The van der Waals surface area contributed by atoms with Crippen LogP contribution in [0.4, 0.5) is 5.69 Å². The Morgan fingerprint density at radius 1 is 1.05 bits per heavy atom. The summed E-state index contributed by atoms with van der Waals surface area (Å²) in [5, 5.41) is 5.07. The van der Waals surface area contributed by atoms with Crippen LogP contribution in [0.1, 0.15) is 37.1 Å². The Morgan fingerprint density at radius 2 is 1.76 bits per heavy atom. The molecule has 2 nitrogen and oxygen atoms in total. The molecule has 1 aromatic carbocycles. The van der Waals surface area contributed by atoms with Gasteiger partial charge >= 0.3 is 0 Å². The number of nitrogens with zero attached hydrogens (tertiary/aromatic N) is 1. The third-order valence-electron chi connectivity index (χ3n) is 6.06. The van der Waals surface area contributed by atoms with Gasteiger partial charge in [-0.15, -0.1) is 11.3 Å². The van der Waals surface area contributed by atoms with E-state index < -0.39 is 0 Å². The molecule has 0 aliphatic heterocycles. The van der Waals surface area contributed by atoms with Crippen LogP contribution < -0.4 is 5.32 Å². The summed E-state index contributed by atoms with van der Waals surface area (Å²) >= 11 is 1.81. The Labute approximate surface area is 130 Å². The number of benzene rings is 1. The lowest BCUT2D eigenvalue weighted by molar-refractivity contribution is 0.00754. The molecule has 4 fully saturated rings. The van der Waals surface area contributed by atoms with Crippen molar-refractivity contribution in [2.45, 2.75) is 45.1 Å². The topological polar surface area (TPSA) is 24.9 Å². The molecule has 1 aromatic heterocycles. The molecule has 0 saturated heterocycles. The number of aryl methyl sites for hydroxylation is 1. The van der Waals surface area contributed by atoms with E-state index in [1.165, 1.54) is 42.5 Å². The minimum absolute atomic E-state index is 0.726. The summed E-state index contributed by atoms with van der Waals surface area (Å²) in [7, 11) is 0. The highest BCUT2D eigenvalue weighted by Gasteiger charge is 2.48. The van der Waals surface area contributed by atoms with Crippen molar-refractivity contribution in [1.29, 1.82) is 0 Å². The van der Waals surface area contributed by atoms with Gasteiger partial charge in [-0.3, -0.25) is 0 Å². The van der Waals surface area contributed by atoms with E-state index in [9.17, 15) is 0 Å². The molecule has 1 heterocycles. The predicted molar refractivity (Wildman–Crippen MR) is 88.8 cm³/mol. The van der Waals surface area contributed by atoms with Gasteiger partial charge in [-0.05, 0) is 80.9 Å². The first kappa shape index (κ1) is 12.5. The van der Waals surface area contributed by atoms with Gasteiger partial charge in [0.15, 0.2) is 0 Å². The third-order valence-corrected chi connectivity index (χ3v) is 6.99. The molecule has 4 bridgehead atoms. The van der Waals surface area contributed by atoms with Gasteiger partial charge < -0.3 is 5.32 Å². The van der Waals surface area contributed by atoms with E-state index in [2.05, 4.69) is 35.4 Å². The average Bonchev–Trinajstić information content (AvgIpc) is 2.81. The lowest BCUT2D eigenvalue weighted by atomic mass is 9.54. The number of nitrogens with one attached hydrogen (secondary N) is 1. The Hall–Kier alpha value is -1.09. The zero-order valence-electron chi connectivity index (χ0n) is 12.5. The summed E-state index contributed by atoms with van der Waals surface area (Å²) < 4.78 is 1.32. The molecule has 1 N–H and O–H groups in total. The third kappa shape index (κ3) is 2.01. The van der Waals surface area contributed by atoms with Gasteiger partial charge in [-0.25, -0.2) is 4.98 Å². The molecule has 4 aliphatic carbocycles. The Morgan fingerprint density at radius 3 is 2.48 bits per heavy atom. The highest BCUT2D eigenvalue weighted by atomic mass is 32.1. The van der Waals surface area contributed by atoms with Crippen molar-refractivity contribution in [1.82, 2.24) is 4.98 Å². The van der Waals surface area contributed by atoms with Crippen molar-refractivity contribution in [3.8, 4) is 0 Å². The lowest BCUT2D eigenvalue weighted by Gasteiger charge is -2.54. The van der Waals surface area contributed by atoms with Gasteiger partial charge in [0, 0.05) is 11.7 Å². The molecule has 0 radical (unpaired) electrons. The van der Waals surface area contributed by atoms with Gasteiger partial charge in [0.25, 0.3) is 0 Å². The number of thiazole rings is 1. The lowest BCUT2D eigenvalue weighted by Crippen LogP contribution is -2.51. The molecule has 6 rings (SSSR count). The van der Waals surface area contributed by atoms with Gasteiger partial charge in [0.05, 0.1) is 15.2 Å². The molecule has 3 heteroatoms. The van der Waals surface area contributed by atoms with Crippen LogP contribution in [0.2, 0.25) is 0 Å². The number of aromatic nitrogens is 1. The first-order chi connectivity index (χ1) is 10.2. The summed E-state index contributed by atoms with van der Waals surface area (Å²) in [5.74, 6) is 3.97. The van der Waals surface area contributed by atoms with Gasteiger partial charge in [-0.1, -0.05) is 0 Å². The number of fused-ring (bicyclic) bond motifs is 1. The van der Waals surface area contributed by atoms with E-state index in [1.807, 2.05) is 0 Å². The second kappa shape index (κ2) is 4.45. The number of hydrogen-bond donors (Lipinski definition) is 1. The maximum Gasteiger partial charge on any atom is 0.0907 e. The Balaban J connectivity index is 1.43. The minimum Gasteiger partial charge on any atom is -0.382 e. The van der Waals surface area contributed by atoms with Crippen molar-refractivity contribution < 1.29 is 0 Å². The molecule has 110 valence electrons. The zero-order valence-corrected chi connectivity index (χ0v) is 13.3. The quantitative estimate of drug-likeness (QED) is 0.858. The van der Waals surface area contributed by atoms with Crippen molar-refractivity contribution in [3.63, 3.8) is 0 Å². The van der Waals surface area contributed by atoms with E-state index in [-0.39, 0.29) is 0 Å². The van der Waals surface area contributed by atoms with E-state index in [0.717, 1.165) is 40.2 Å². The Bertz CT molecular complexity index is 662. The van der Waals surface area contributed by atoms with Crippen LogP contribution in [0.25, 0.3) is 10.2 Å². The summed E-state index contributed by atoms with van der Waals surface area (Å²) in [6.45, 7) is 2.09. The first-order valence-corrected chi connectivity index (χ1v) is 9.20. The summed E-state index contributed by atoms with van der Waals surface area (Å²) in [5.41, 5.74) is 2.46. The van der Waals surface area contributed by atoms with Crippen LogP contribution in [0.3, 0.4) is 0 Å². The van der Waals surface area contributed by atoms with E-state index in [0.29, 0.717) is 0 Å². The second-order valence-electron chi connectivity index (χ2n) is 7.52. The monoisotopic (exact) mass is 298 g/mol. The van der Waals surface area contributed by atoms with Crippen LogP contribution in [0.5, 0.6) is 0 Å². The van der Waals surface area contributed by atoms with E-state index in [1.54, 1.807) is 11.3 Å². The second-order valence-corrected chi connectivity index (χ2v) is 8.75.